The van der Waals surface area contributed by atoms with Gasteiger partial charge in [0.15, 0.2) is 0 Å². The van der Waals surface area contributed by atoms with Gasteiger partial charge in [0.25, 0.3) is 0 Å². The number of carboxylic acids is 1. The molecule has 8 heteroatoms. The Bertz CT molecular complexity index is 832. The van der Waals surface area contributed by atoms with Crippen molar-refractivity contribution in [2.24, 2.45) is 0 Å². The molecule has 0 saturated heterocycles. The van der Waals surface area contributed by atoms with E-state index in [1.165, 1.54) is 12.1 Å². The zero-order valence-corrected chi connectivity index (χ0v) is 16.0. The zero-order chi connectivity index (χ0) is 20.2. The topological polar surface area (TPSA) is 113 Å². The van der Waals surface area contributed by atoms with E-state index in [1.807, 2.05) is 13.8 Å². The van der Waals surface area contributed by atoms with Crippen molar-refractivity contribution < 1.29 is 33.2 Å². The molecule has 0 aromatic heterocycles. The summed E-state index contributed by atoms with van der Waals surface area (Å²) in [5, 5.41) is 18.8. The van der Waals surface area contributed by atoms with E-state index in [1.54, 1.807) is 31.2 Å². The average molecular weight is 394 g/mol. The lowest BCUT2D eigenvalue weighted by molar-refractivity contribution is 0.0693. The summed E-state index contributed by atoms with van der Waals surface area (Å²) in [5.41, 5.74) is 0.161. The number of rotatable bonds is 8. The fourth-order valence-corrected chi connectivity index (χ4v) is 3.35. The zero-order valence-electron chi connectivity index (χ0n) is 15.2. The van der Waals surface area contributed by atoms with E-state index in [0.29, 0.717) is 11.3 Å². The molecule has 2 aromatic rings. The van der Waals surface area contributed by atoms with Crippen molar-refractivity contribution in [3.8, 4) is 17.2 Å². The van der Waals surface area contributed by atoms with Crippen LogP contribution in [0.15, 0.2) is 42.5 Å². The van der Waals surface area contributed by atoms with Gasteiger partial charge in [0.2, 0.25) is 16.0 Å². The van der Waals surface area contributed by atoms with Gasteiger partial charge in [-0.3, -0.25) is 0 Å². The van der Waals surface area contributed by atoms with Crippen molar-refractivity contribution in [1.82, 2.24) is 0 Å². The van der Waals surface area contributed by atoms with Crippen LogP contribution in [0.2, 0.25) is 0 Å². The molecule has 0 fully saturated rings. The van der Waals surface area contributed by atoms with Gasteiger partial charge in [-0.25, -0.2) is 9.00 Å². The lowest BCUT2D eigenvalue weighted by Crippen LogP contribution is -2.37. The molecule has 0 amide bonds. The van der Waals surface area contributed by atoms with E-state index >= 15 is 0 Å². The second-order valence-corrected chi connectivity index (χ2v) is 7.29. The van der Waals surface area contributed by atoms with Gasteiger partial charge in [-0.15, -0.1) is 0 Å². The number of phenols is 1. The van der Waals surface area contributed by atoms with Crippen LogP contribution in [0.4, 0.5) is 0 Å². The number of ether oxygens (including phenoxy) is 2. The van der Waals surface area contributed by atoms with Gasteiger partial charge in [-0.05, 0) is 38.1 Å². The van der Waals surface area contributed by atoms with Gasteiger partial charge in [0.1, 0.15) is 22.8 Å². The maximum absolute atomic E-state index is 12.2. The first-order valence-electron chi connectivity index (χ1n) is 8.33. The number of aromatic carboxylic acids is 1. The van der Waals surface area contributed by atoms with Crippen molar-refractivity contribution in [3.05, 3.63) is 53.6 Å². The number of aromatic hydroxyl groups is 1. The van der Waals surface area contributed by atoms with E-state index in [2.05, 4.69) is 0 Å². The van der Waals surface area contributed by atoms with E-state index in [-0.39, 0.29) is 23.8 Å². The Labute approximate surface area is 159 Å². The van der Waals surface area contributed by atoms with Gasteiger partial charge < -0.3 is 24.2 Å². The first-order chi connectivity index (χ1) is 12.7. The predicted octanol–water partition coefficient (Wildman–Crippen LogP) is 3.74. The Morgan fingerprint density at radius 2 is 1.74 bits per heavy atom. The van der Waals surface area contributed by atoms with Gasteiger partial charge >= 0.3 is 5.97 Å². The molecule has 0 aliphatic heterocycles. The highest BCUT2D eigenvalue weighted by Crippen LogP contribution is 2.36. The summed E-state index contributed by atoms with van der Waals surface area (Å²) in [6.45, 7) is 5.48. The molecule has 0 bridgehead atoms. The Morgan fingerprint density at radius 3 is 2.19 bits per heavy atom. The summed E-state index contributed by atoms with van der Waals surface area (Å²) in [4.78, 5) is 9.42. The monoisotopic (exact) mass is 394 g/mol. The molecule has 0 radical (unpaired) electrons. The summed E-state index contributed by atoms with van der Waals surface area (Å²) in [6, 6.07) is 10.3. The molecule has 0 aliphatic rings. The van der Waals surface area contributed by atoms with Gasteiger partial charge in [0, 0.05) is 18.1 Å². The summed E-state index contributed by atoms with van der Waals surface area (Å²) >= 11 is -2.41. The molecular weight excluding hydrogens is 372 g/mol. The third kappa shape index (κ3) is 4.58. The van der Waals surface area contributed by atoms with Crippen LogP contribution < -0.4 is 9.47 Å². The number of hydrogen-bond donors (Lipinski definition) is 3. The largest absolute Gasteiger partial charge is 0.507 e. The maximum Gasteiger partial charge on any atom is 0.339 e. The average Bonchev–Trinajstić information content (AvgIpc) is 2.59. The Balaban J connectivity index is 2.41. The van der Waals surface area contributed by atoms with Crippen LogP contribution in [0.3, 0.4) is 0 Å². The minimum Gasteiger partial charge on any atom is -0.507 e. The lowest BCUT2D eigenvalue weighted by Gasteiger charge is -2.30. The number of benzene rings is 2. The molecule has 146 valence electrons. The normalized spacial score (nSPS) is 14.4. The second kappa shape index (κ2) is 8.41. The number of hydrogen-bond acceptors (Lipinski definition) is 5. The van der Waals surface area contributed by atoms with E-state index in [4.69, 9.17) is 14.6 Å². The second-order valence-electron chi connectivity index (χ2n) is 6.13. The van der Waals surface area contributed by atoms with Gasteiger partial charge in [0.05, 0.1) is 6.10 Å². The van der Waals surface area contributed by atoms with Crippen LogP contribution in [0.5, 0.6) is 17.2 Å². The molecule has 0 saturated carbocycles. The van der Waals surface area contributed by atoms with Crippen molar-refractivity contribution in [3.63, 3.8) is 0 Å². The highest BCUT2D eigenvalue weighted by atomic mass is 32.2. The molecule has 0 heterocycles. The van der Waals surface area contributed by atoms with Crippen LogP contribution in [-0.2, 0) is 16.0 Å². The predicted molar refractivity (Wildman–Crippen MR) is 101 cm³/mol. The quantitative estimate of drug-likeness (QED) is 0.585. The summed E-state index contributed by atoms with van der Waals surface area (Å²) in [5.74, 6) is -1.09. The SMILES string of the molecule is CCC(Oc1ccc(C(=O)O)c(O)c1)(c1ccc(OC(C)C)cc1)S(=O)O. The van der Waals surface area contributed by atoms with Crippen LogP contribution in [0, 0.1) is 0 Å². The summed E-state index contributed by atoms with van der Waals surface area (Å²) < 4.78 is 33.5. The highest BCUT2D eigenvalue weighted by molar-refractivity contribution is 7.80. The van der Waals surface area contributed by atoms with Crippen LogP contribution in [0.1, 0.15) is 43.1 Å². The smallest absolute Gasteiger partial charge is 0.339 e. The summed E-state index contributed by atoms with van der Waals surface area (Å²) in [7, 11) is 0. The standard InChI is InChI=1S/C19H22O7S/c1-4-19(27(23)24,13-5-7-14(8-6-13)25-12(2)3)26-15-9-10-16(18(21)22)17(20)11-15/h5-12,20H,4H2,1-3H3,(H,21,22)(H,23,24). The van der Waals surface area contributed by atoms with Crippen LogP contribution in [0.25, 0.3) is 0 Å². The molecule has 0 aliphatic carbocycles. The lowest BCUT2D eigenvalue weighted by atomic mass is 10.1. The van der Waals surface area contributed by atoms with Crippen LogP contribution >= 0.6 is 0 Å². The molecule has 0 spiro atoms. The molecule has 2 atom stereocenters. The fourth-order valence-electron chi connectivity index (χ4n) is 2.60. The highest BCUT2D eigenvalue weighted by Gasteiger charge is 2.40. The number of carbonyl (C=O) groups is 1. The molecule has 2 aromatic carbocycles. The van der Waals surface area contributed by atoms with Crippen molar-refractivity contribution in [1.29, 1.82) is 0 Å². The van der Waals surface area contributed by atoms with Crippen molar-refractivity contribution >= 4 is 17.0 Å². The molecule has 3 N–H and O–H groups in total. The molecule has 2 unspecified atom stereocenters. The minimum atomic E-state index is -2.41. The van der Waals surface area contributed by atoms with Gasteiger partial charge in [-0.1, -0.05) is 19.1 Å². The Hall–Kier alpha value is -2.58. The Kier molecular flexibility index (Phi) is 6.45. The third-order valence-electron chi connectivity index (χ3n) is 3.90. The minimum absolute atomic E-state index is 0.00858. The molecule has 27 heavy (non-hydrogen) atoms. The maximum atomic E-state index is 12.2. The first-order valence-corrected chi connectivity index (χ1v) is 9.43. The Morgan fingerprint density at radius 1 is 1.15 bits per heavy atom. The first kappa shape index (κ1) is 20.7. The van der Waals surface area contributed by atoms with Crippen LogP contribution in [-0.4, -0.2) is 31.0 Å². The van der Waals surface area contributed by atoms with E-state index in [9.17, 15) is 18.7 Å². The molecular formula is C19H22O7S. The third-order valence-corrected chi connectivity index (χ3v) is 5.07. The van der Waals surface area contributed by atoms with E-state index in [0.717, 1.165) is 6.07 Å². The van der Waals surface area contributed by atoms with Crippen molar-refractivity contribution in [2.75, 3.05) is 0 Å². The fraction of sp³-hybridized carbons (Fsp3) is 0.316. The molecule has 2 rings (SSSR count). The number of carboxylic acid groups (broad SMARTS) is 1. The van der Waals surface area contributed by atoms with E-state index < -0.39 is 27.7 Å². The molecule has 7 nitrogen and oxygen atoms in total. The van der Waals surface area contributed by atoms with Gasteiger partial charge in [-0.2, -0.15) is 0 Å². The summed E-state index contributed by atoms with van der Waals surface area (Å²) in [6.07, 6.45) is 0.146. The van der Waals surface area contributed by atoms with Crippen molar-refractivity contribution in [2.45, 2.75) is 38.2 Å².